The average molecular weight is 316 g/mol. The molecule has 0 aromatic heterocycles. The van der Waals surface area contributed by atoms with Gasteiger partial charge in [0.15, 0.2) is 0 Å². The molecule has 0 radical (unpaired) electrons. The van der Waals surface area contributed by atoms with Crippen molar-refractivity contribution >= 4 is 35.1 Å². The van der Waals surface area contributed by atoms with Gasteiger partial charge in [0.05, 0.1) is 24.1 Å². The van der Waals surface area contributed by atoms with Crippen LogP contribution in [0, 0.1) is 5.92 Å². The van der Waals surface area contributed by atoms with Crippen LogP contribution in [0.5, 0.6) is 0 Å². The Labute approximate surface area is 127 Å². The van der Waals surface area contributed by atoms with Crippen LogP contribution in [0.25, 0.3) is 0 Å². The number of carbonyl (C=O) groups excluding carboxylic acids is 2. The second-order valence-corrected chi connectivity index (χ2v) is 5.67. The molecule has 1 aliphatic rings. The molecule has 6 heteroatoms. The van der Waals surface area contributed by atoms with E-state index in [-0.39, 0.29) is 24.3 Å². The Morgan fingerprint density at radius 3 is 2.65 bits per heavy atom. The zero-order valence-electron chi connectivity index (χ0n) is 11.0. The lowest BCUT2D eigenvalue weighted by molar-refractivity contribution is -0.141. The van der Waals surface area contributed by atoms with Crippen LogP contribution in [0.2, 0.25) is 10.0 Å². The maximum Gasteiger partial charge on any atom is 0.307 e. The molecule has 1 amide bonds. The number of esters is 1. The molecular formula is C14H15Cl2NO3. The number of rotatable bonds is 5. The molecule has 0 aliphatic heterocycles. The number of carbonyl (C=O) groups is 2. The summed E-state index contributed by atoms with van der Waals surface area (Å²) in [5.41, 5.74) is 0.353. The number of hydrogen-bond donors (Lipinski definition) is 1. The van der Waals surface area contributed by atoms with Crippen LogP contribution in [0.15, 0.2) is 18.2 Å². The predicted octanol–water partition coefficient (Wildman–Crippen LogP) is 3.06. The monoisotopic (exact) mass is 315 g/mol. The fraction of sp³-hybridized carbons (Fsp3) is 0.429. The van der Waals surface area contributed by atoms with E-state index in [0.29, 0.717) is 21.5 Å². The second kappa shape index (κ2) is 6.46. The van der Waals surface area contributed by atoms with Crippen LogP contribution in [-0.2, 0) is 9.53 Å². The highest BCUT2D eigenvalue weighted by Gasteiger charge is 2.34. The molecule has 0 unspecified atom stereocenters. The summed E-state index contributed by atoms with van der Waals surface area (Å²) in [6.45, 7) is 0. The topological polar surface area (TPSA) is 55.4 Å². The lowest BCUT2D eigenvalue weighted by atomic mass is 10.1. The van der Waals surface area contributed by atoms with E-state index in [1.165, 1.54) is 13.2 Å². The minimum Gasteiger partial charge on any atom is -0.469 e. The largest absolute Gasteiger partial charge is 0.469 e. The first-order valence-corrected chi connectivity index (χ1v) is 7.09. The van der Waals surface area contributed by atoms with Gasteiger partial charge in [0.2, 0.25) is 0 Å². The Hall–Kier alpha value is -1.26. The van der Waals surface area contributed by atoms with E-state index >= 15 is 0 Å². The zero-order chi connectivity index (χ0) is 14.7. The highest BCUT2D eigenvalue weighted by molar-refractivity contribution is 6.36. The van der Waals surface area contributed by atoms with Gasteiger partial charge in [0.1, 0.15) is 0 Å². The zero-order valence-corrected chi connectivity index (χ0v) is 12.5. The molecule has 1 aliphatic carbocycles. The summed E-state index contributed by atoms with van der Waals surface area (Å²) in [7, 11) is 1.34. The van der Waals surface area contributed by atoms with Crippen LogP contribution in [0.4, 0.5) is 0 Å². The number of halogens is 2. The van der Waals surface area contributed by atoms with E-state index in [4.69, 9.17) is 23.2 Å². The number of amides is 1. The molecule has 1 aromatic rings. The smallest absolute Gasteiger partial charge is 0.307 e. The van der Waals surface area contributed by atoms with Crippen LogP contribution < -0.4 is 5.32 Å². The predicted molar refractivity (Wildman–Crippen MR) is 77.1 cm³/mol. The normalized spacial score (nSPS) is 15.6. The van der Waals surface area contributed by atoms with E-state index in [2.05, 4.69) is 10.1 Å². The number of nitrogens with one attached hydrogen (secondary N) is 1. The Bertz CT molecular complexity index is 529. The number of methoxy groups -OCH3 is 1. The van der Waals surface area contributed by atoms with E-state index in [1.807, 2.05) is 0 Å². The molecule has 1 N–H and O–H groups in total. The first kappa shape index (κ1) is 15.1. The summed E-state index contributed by atoms with van der Waals surface area (Å²) >= 11 is 11.8. The first-order valence-electron chi connectivity index (χ1n) is 6.34. The van der Waals surface area contributed by atoms with Gasteiger partial charge in [-0.25, -0.2) is 0 Å². The maximum absolute atomic E-state index is 12.2. The third-order valence-corrected chi connectivity index (χ3v) is 3.85. The molecule has 0 bridgehead atoms. The van der Waals surface area contributed by atoms with Gasteiger partial charge in [0, 0.05) is 11.1 Å². The first-order chi connectivity index (χ1) is 9.51. The summed E-state index contributed by atoms with van der Waals surface area (Å²) in [6.07, 6.45) is 2.20. The average Bonchev–Trinajstić information content (AvgIpc) is 3.21. The fourth-order valence-electron chi connectivity index (χ4n) is 2.02. The Kier molecular flexibility index (Phi) is 4.89. The van der Waals surface area contributed by atoms with E-state index in [0.717, 1.165) is 12.8 Å². The third kappa shape index (κ3) is 3.87. The lowest BCUT2D eigenvalue weighted by Gasteiger charge is -2.17. The van der Waals surface area contributed by atoms with Crippen molar-refractivity contribution < 1.29 is 14.3 Å². The van der Waals surface area contributed by atoms with Crippen molar-refractivity contribution in [1.82, 2.24) is 5.32 Å². The fourth-order valence-corrected chi connectivity index (χ4v) is 2.51. The quantitative estimate of drug-likeness (QED) is 0.850. The van der Waals surface area contributed by atoms with Crippen LogP contribution >= 0.6 is 23.2 Å². The standard InChI is InChI=1S/C14H15Cl2NO3/c1-20-13(18)7-12(8-2-3-8)17-14(19)10-5-4-9(15)6-11(10)16/h4-6,8,12H,2-3,7H2,1H3,(H,17,19)/t12-/m0/s1. The van der Waals surface area contributed by atoms with Gasteiger partial charge in [-0.2, -0.15) is 0 Å². The summed E-state index contributed by atoms with van der Waals surface area (Å²) in [5, 5.41) is 3.62. The van der Waals surface area contributed by atoms with E-state index < -0.39 is 0 Å². The van der Waals surface area contributed by atoms with Crippen molar-refractivity contribution in [3.05, 3.63) is 33.8 Å². The molecule has 108 valence electrons. The van der Waals surface area contributed by atoms with E-state index in [1.54, 1.807) is 12.1 Å². The van der Waals surface area contributed by atoms with Crippen molar-refractivity contribution in [3.63, 3.8) is 0 Å². The minimum absolute atomic E-state index is 0.179. The van der Waals surface area contributed by atoms with Crippen molar-refractivity contribution in [2.24, 2.45) is 5.92 Å². The number of hydrogen-bond acceptors (Lipinski definition) is 3. The Morgan fingerprint density at radius 2 is 2.10 bits per heavy atom. The molecule has 20 heavy (non-hydrogen) atoms. The van der Waals surface area contributed by atoms with Gasteiger partial charge < -0.3 is 10.1 Å². The molecule has 4 nitrogen and oxygen atoms in total. The summed E-state index contributed by atoms with van der Waals surface area (Å²) < 4.78 is 4.65. The molecule has 1 saturated carbocycles. The summed E-state index contributed by atoms with van der Waals surface area (Å²) in [5.74, 6) is -0.291. The van der Waals surface area contributed by atoms with Crippen molar-refractivity contribution in [2.45, 2.75) is 25.3 Å². The molecule has 0 saturated heterocycles. The molecule has 1 atom stereocenters. The van der Waals surface area contributed by atoms with Crippen molar-refractivity contribution in [3.8, 4) is 0 Å². The molecule has 1 aromatic carbocycles. The van der Waals surface area contributed by atoms with Crippen LogP contribution in [0.1, 0.15) is 29.6 Å². The van der Waals surface area contributed by atoms with Crippen molar-refractivity contribution in [2.75, 3.05) is 7.11 Å². The van der Waals surface area contributed by atoms with Crippen LogP contribution in [0.3, 0.4) is 0 Å². The van der Waals surface area contributed by atoms with Gasteiger partial charge >= 0.3 is 5.97 Å². The van der Waals surface area contributed by atoms with Gasteiger partial charge in [-0.15, -0.1) is 0 Å². The SMILES string of the molecule is COC(=O)C[C@H](NC(=O)c1ccc(Cl)cc1Cl)C1CC1. The minimum atomic E-state index is -0.329. The summed E-state index contributed by atoms with van der Waals surface area (Å²) in [4.78, 5) is 23.6. The van der Waals surface area contributed by atoms with Gasteiger partial charge in [-0.05, 0) is 37.0 Å². The summed E-state index contributed by atoms with van der Waals surface area (Å²) in [6, 6.07) is 4.49. The maximum atomic E-state index is 12.2. The Balaban J connectivity index is 2.06. The Morgan fingerprint density at radius 1 is 1.40 bits per heavy atom. The highest BCUT2D eigenvalue weighted by atomic mass is 35.5. The molecule has 0 spiro atoms. The lowest BCUT2D eigenvalue weighted by Crippen LogP contribution is -2.38. The van der Waals surface area contributed by atoms with E-state index in [9.17, 15) is 9.59 Å². The molecule has 2 rings (SSSR count). The second-order valence-electron chi connectivity index (χ2n) is 4.82. The molecule has 1 fully saturated rings. The van der Waals surface area contributed by atoms with Crippen molar-refractivity contribution in [1.29, 1.82) is 0 Å². The van der Waals surface area contributed by atoms with Gasteiger partial charge in [-0.3, -0.25) is 9.59 Å². The number of benzene rings is 1. The van der Waals surface area contributed by atoms with Gasteiger partial charge in [0.25, 0.3) is 5.91 Å². The molecular weight excluding hydrogens is 301 g/mol. The van der Waals surface area contributed by atoms with Gasteiger partial charge in [-0.1, -0.05) is 23.2 Å². The number of ether oxygens (including phenoxy) is 1. The molecule has 0 heterocycles. The third-order valence-electron chi connectivity index (χ3n) is 3.30. The van der Waals surface area contributed by atoms with Crippen LogP contribution in [-0.4, -0.2) is 25.0 Å². The highest BCUT2D eigenvalue weighted by Crippen LogP contribution is 2.34.